The third kappa shape index (κ3) is 4.37. The number of azo groups is 1. The van der Waals surface area contributed by atoms with Gasteiger partial charge < -0.3 is 15.0 Å². The number of fused-ring (bicyclic) bond motifs is 1. The SMILES string of the molecule is CCn1c(O)c(N=NC(=O)CNC(=O)Cc2ccc(Cl)cc2)c2ccccc21. The maximum Gasteiger partial charge on any atom is 0.283 e. The molecule has 1 aromatic heterocycles. The largest absolute Gasteiger partial charge is 0.493 e. The van der Waals surface area contributed by atoms with Crippen LogP contribution in [-0.2, 0) is 22.6 Å². The molecule has 2 N–H and O–H groups in total. The Kier molecular flexibility index (Phi) is 6.06. The molecule has 0 saturated heterocycles. The van der Waals surface area contributed by atoms with Gasteiger partial charge in [0.2, 0.25) is 11.8 Å². The number of amides is 2. The smallest absolute Gasteiger partial charge is 0.283 e. The summed E-state index contributed by atoms with van der Waals surface area (Å²) < 4.78 is 1.68. The Bertz CT molecular complexity index is 1040. The second kappa shape index (κ2) is 8.67. The average molecular weight is 399 g/mol. The Balaban J connectivity index is 1.63. The molecule has 0 aliphatic carbocycles. The lowest BCUT2D eigenvalue weighted by Crippen LogP contribution is -2.29. The highest BCUT2D eigenvalue weighted by Gasteiger charge is 2.15. The predicted molar refractivity (Wildman–Crippen MR) is 107 cm³/mol. The Hall–Kier alpha value is -3.19. The number of hydrogen-bond acceptors (Lipinski definition) is 4. The molecule has 0 aliphatic heterocycles. The quantitative estimate of drug-likeness (QED) is 0.614. The van der Waals surface area contributed by atoms with Crippen molar-refractivity contribution < 1.29 is 14.7 Å². The van der Waals surface area contributed by atoms with Crippen molar-refractivity contribution in [1.29, 1.82) is 0 Å². The van der Waals surface area contributed by atoms with Crippen molar-refractivity contribution in [2.75, 3.05) is 6.54 Å². The highest BCUT2D eigenvalue weighted by Crippen LogP contribution is 2.38. The van der Waals surface area contributed by atoms with Crippen molar-refractivity contribution in [3.63, 3.8) is 0 Å². The minimum Gasteiger partial charge on any atom is -0.493 e. The summed E-state index contributed by atoms with van der Waals surface area (Å²) >= 11 is 5.81. The lowest BCUT2D eigenvalue weighted by atomic mass is 10.1. The molecular weight excluding hydrogens is 380 g/mol. The van der Waals surface area contributed by atoms with Crippen LogP contribution in [0, 0.1) is 0 Å². The molecule has 0 unspecified atom stereocenters. The van der Waals surface area contributed by atoms with Gasteiger partial charge in [-0.2, -0.15) is 0 Å². The van der Waals surface area contributed by atoms with Crippen LogP contribution in [0.1, 0.15) is 12.5 Å². The van der Waals surface area contributed by atoms with Crippen LogP contribution in [0.15, 0.2) is 58.8 Å². The van der Waals surface area contributed by atoms with E-state index in [1.807, 2.05) is 25.1 Å². The minimum absolute atomic E-state index is 0.0491. The molecule has 7 nitrogen and oxygen atoms in total. The van der Waals surface area contributed by atoms with Gasteiger partial charge in [0.25, 0.3) is 5.91 Å². The molecule has 144 valence electrons. The van der Waals surface area contributed by atoms with Crippen LogP contribution in [-0.4, -0.2) is 28.0 Å². The molecule has 0 atom stereocenters. The number of hydrogen-bond donors (Lipinski definition) is 2. The first kappa shape index (κ1) is 19.6. The predicted octanol–water partition coefficient (Wildman–Crippen LogP) is 3.99. The third-order valence-corrected chi connectivity index (χ3v) is 4.46. The van der Waals surface area contributed by atoms with Crippen molar-refractivity contribution in [2.24, 2.45) is 10.2 Å². The number of aromatic hydroxyl groups is 1. The van der Waals surface area contributed by atoms with E-state index < -0.39 is 5.91 Å². The van der Waals surface area contributed by atoms with E-state index in [-0.39, 0.29) is 30.4 Å². The zero-order valence-electron chi connectivity index (χ0n) is 15.2. The summed E-state index contributed by atoms with van der Waals surface area (Å²) in [6.45, 7) is 2.17. The highest BCUT2D eigenvalue weighted by molar-refractivity contribution is 6.30. The van der Waals surface area contributed by atoms with Gasteiger partial charge in [-0.1, -0.05) is 41.9 Å². The standard InChI is InChI=1S/C20H19ClN4O3/c1-2-25-16-6-4-3-5-15(16)19(20(25)28)24-23-18(27)12-22-17(26)11-13-7-9-14(21)10-8-13/h3-10,28H,2,11-12H2,1H3,(H,22,26). The Morgan fingerprint density at radius 1 is 1.14 bits per heavy atom. The molecule has 8 heteroatoms. The molecule has 0 spiro atoms. The number of nitrogens with zero attached hydrogens (tertiary/aromatic N) is 3. The highest BCUT2D eigenvalue weighted by atomic mass is 35.5. The summed E-state index contributed by atoms with van der Waals surface area (Å²) in [6.07, 6.45) is 0.131. The van der Waals surface area contributed by atoms with Gasteiger partial charge in [-0.25, -0.2) is 0 Å². The summed E-state index contributed by atoms with van der Waals surface area (Å²) in [4.78, 5) is 23.9. The Morgan fingerprint density at radius 3 is 2.57 bits per heavy atom. The number of aryl methyl sites for hydroxylation is 1. The van der Waals surface area contributed by atoms with Crippen molar-refractivity contribution in [1.82, 2.24) is 9.88 Å². The van der Waals surface area contributed by atoms with E-state index in [0.29, 0.717) is 17.0 Å². The number of benzene rings is 2. The first-order valence-corrected chi connectivity index (χ1v) is 9.13. The first-order chi connectivity index (χ1) is 13.5. The monoisotopic (exact) mass is 398 g/mol. The van der Waals surface area contributed by atoms with Gasteiger partial charge in [0.15, 0.2) is 5.69 Å². The van der Waals surface area contributed by atoms with Crippen LogP contribution >= 0.6 is 11.6 Å². The Morgan fingerprint density at radius 2 is 1.86 bits per heavy atom. The van der Waals surface area contributed by atoms with Gasteiger partial charge in [-0.05, 0) is 30.7 Å². The van der Waals surface area contributed by atoms with Crippen molar-refractivity contribution in [3.05, 3.63) is 59.1 Å². The van der Waals surface area contributed by atoms with Crippen LogP contribution in [0.3, 0.4) is 0 Å². The van der Waals surface area contributed by atoms with Crippen molar-refractivity contribution >= 4 is 40.0 Å². The summed E-state index contributed by atoms with van der Waals surface area (Å²) in [5.74, 6) is -0.972. The lowest BCUT2D eigenvalue weighted by molar-refractivity contribution is -0.124. The fourth-order valence-corrected chi connectivity index (χ4v) is 2.98. The molecule has 2 aromatic carbocycles. The van der Waals surface area contributed by atoms with Crippen LogP contribution in [0.2, 0.25) is 5.02 Å². The topological polar surface area (TPSA) is 96.0 Å². The molecule has 3 aromatic rings. The normalized spacial score (nSPS) is 11.2. The number of carbonyl (C=O) groups excluding carboxylic acids is 2. The molecule has 0 bridgehead atoms. The fourth-order valence-electron chi connectivity index (χ4n) is 2.86. The van der Waals surface area contributed by atoms with E-state index in [0.717, 1.165) is 11.1 Å². The first-order valence-electron chi connectivity index (χ1n) is 8.75. The molecule has 1 heterocycles. The molecule has 0 radical (unpaired) electrons. The average Bonchev–Trinajstić information content (AvgIpc) is 2.97. The molecule has 0 aliphatic rings. The zero-order valence-corrected chi connectivity index (χ0v) is 16.0. The van der Waals surface area contributed by atoms with Crippen LogP contribution < -0.4 is 5.32 Å². The third-order valence-electron chi connectivity index (χ3n) is 4.21. The number of aromatic nitrogens is 1. The van der Waals surface area contributed by atoms with E-state index >= 15 is 0 Å². The maximum atomic E-state index is 12.0. The van der Waals surface area contributed by atoms with Gasteiger partial charge in [0, 0.05) is 17.0 Å². The van der Waals surface area contributed by atoms with E-state index in [9.17, 15) is 14.7 Å². The number of carbonyl (C=O) groups is 2. The lowest BCUT2D eigenvalue weighted by Gasteiger charge is -2.03. The number of para-hydroxylation sites is 1. The van der Waals surface area contributed by atoms with Gasteiger partial charge >= 0.3 is 0 Å². The summed E-state index contributed by atoms with van der Waals surface area (Å²) in [6, 6.07) is 14.2. The molecule has 2 amide bonds. The molecule has 0 saturated carbocycles. The van der Waals surface area contributed by atoms with E-state index in [2.05, 4.69) is 15.5 Å². The van der Waals surface area contributed by atoms with Crippen molar-refractivity contribution in [3.8, 4) is 5.88 Å². The summed E-state index contributed by atoms with van der Waals surface area (Å²) in [5.41, 5.74) is 1.83. The van der Waals surface area contributed by atoms with Crippen LogP contribution in [0.25, 0.3) is 10.9 Å². The number of rotatable bonds is 6. The van der Waals surface area contributed by atoms with Crippen LogP contribution in [0.4, 0.5) is 5.69 Å². The summed E-state index contributed by atoms with van der Waals surface area (Å²) in [5, 5.41) is 21.7. The second-order valence-electron chi connectivity index (χ2n) is 6.11. The molecule has 28 heavy (non-hydrogen) atoms. The van der Waals surface area contributed by atoms with Crippen molar-refractivity contribution in [2.45, 2.75) is 19.9 Å². The van der Waals surface area contributed by atoms with Gasteiger partial charge in [0.1, 0.15) is 6.54 Å². The van der Waals surface area contributed by atoms with E-state index in [1.165, 1.54) is 0 Å². The second-order valence-corrected chi connectivity index (χ2v) is 6.54. The fraction of sp³-hybridized carbons (Fsp3) is 0.200. The zero-order chi connectivity index (χ0) is 20.1. The summed E-state index contributed by atoms with van der Waals surface area (Å²) in [7, 11) is 0. The van der Waals surface area contributed by atoms with Gasteiger partial charge in [-0.3, -0.25) is 9.59 Å². The van der Waals surface area contributed by atoms with E-state index in [1.54, 1.807) is 34.9 Å². The number of halogens is 1. The molecule has 0 fully saturated rings. The number of nitrogens with one attached hydrogen (secondary N) is 1. The van der Waals surface area contributed by atoms with Crippen LogP contribution in [0.5, 0.6) is 5.88 Å². The molecule has 3 rings (SSSR count). The minimum atomic E-state index is -0.614. The Labute approximate surface area is 166 Å². The molecular formula is C20H19ClN4O3. The van der Waals surface area contributed by atoms with E-state index in [4.69, 9.17) is 11.6 Å². The maximum absolute atomic E-state index is 12.0. The van der Waals surface area contributed by atoms with Gasteiger partial charge in [-0.15, -0.1) is 10.2 Å². The van der Waals surface area contributed by atoms with Gasteiger partial charge in [0.05, 0.1) is 11.9 Å².